The zero-order chi connectivity index (χ0) is 10.8. The molecule has 1 unspecified atom stereocenters. The number of ether oxygens (including phenoxy) is 1. The summed E-state index contributed by atoms with van der Waals surface area (Å²) >= 11 is 14.9. The summed E-state index contributed by atoms with van der Waals surface area (Å²) in [6.45, 7) is 1.76. The first-order valence-electron chi connectivity index (χ1n) is 4.85. The van der Waals surface area contributed by atoms with Crippen LogP contribution < -0.4 is 0 Å². The lowest BCUT2D eigenvalue weighted by atomic mass is 9.96. The molecule has 2 rings (SSSR count). The summed E-state index contributed by atoms with van der Waals surface area (Å²) in [7, 11) is 0. The van der Waals surface area contributed by atoms with Gasteiger partial charge in [-0.1, -0.05) is 27.5 Å². The van der Waals surface area contributed by atoms with Crippen LogP contribution in [-0.2, 0) is 4.74 Å². The number of thiophene rings is 1. The van der Waals surface area contributed by atoms with Gasteiger partial charge in [-0.2, -0.15) is 0 Å². The third kappa shape index (κ3) is 2.97. The van der Waals surface area contributed by atoms with Crippen molar-refractivity contribution in [3.8, 4) is 0 Å². The molecule has 1 atom stereocenters. The predicted octanol–water partition coefficient (Wildman–Crippen LogP) is 5.03. The highest BCUT2D eigenvalue weighted by molar-refractivity contribution is 9.10. The van der Waals surface area contributed by atoms with E-state index in [1.165, 1.54) is 4.88 Å². The summed E-state index contributed by atoms with van der Waals surface area (Å²) in [6.07, 6.45) is 2.26. The van der Waals surface area contributed by atoms with E-state index in [9.17, 15) is 0 Å². The summed E-state index contributed by atoms with van der Waals surface area (Å²) < 4.78 is 7.20. The third-order valence-corrected chi connectivity index (χ3v) is 6.72. The molecular formula is C10H11Br2ClOS. The van der Waals surface area contributed by atoms with Crippen LogP contribution in [0.15, 0.2) is 10.5 Å². The Kier molecular flexibility index (Phi) is 4.53. The van der Waals surface area contributed by atoms with Crippen molar-refractivity contribution in [3.05, 3.63) is 19.8 Å². The highest BCUT2D eigenvalue weighted by Gasteiger charge is 2.25. The van der Waals surface area contributed by atoms with Crippen LogP contribution >= 0.6 is 54.8 Å². The van der Waals surface area contributed by atoms with Gasteiger partial charge in [-0.15, -0.1) is 11.3 Å². The number of hydrogen-bond donors (Lipinski definition) is 0. The Bertz CT molecular complexity index is 317. The fourth-order valence-electron chi connectivity index (χ4n) is 1.74. The van der Waals surface area contributed by atoms with Crippen LogP contribution in [0.4, 0.5) is 0 Å². The molecule has 0 amide bonds. The Morgan fingerprint density at radius 1 is 1.47 bits per heavy atom. The quantitative estimate of drug-likeness (QED) is 0.660. The maximum Gasteiger partial charge on any atom is 0.107 e. The van der Waals surface area contributed by atoms with Crippen molar-refractivity contribution in [1.82, 2.24) is 0 Å². The van der Waals surface area contributed by atoms with Gasteiger partial charge in [0.1, 0.15) is 4.34 Å². The van der Waals surface area contributed by atoms with E-state index in [0.29, 0.717) is 10.7 Å². The lowest BCUT2D eigenvalue weighted by molar-refractivity contribution is 0.0664. The second-order valence-corrected chi connectivity index (χ2v) is 7.15. The molecule has 0 aliphatic carbocycles. The Morgan fingerprint density at radius 2 is 2.13 bits per heavy atom. The van der Waals surface area contributed by atoms with E-state index in [2.05, 4.69) is 37.9 Å². The van der Waals surface area contributed by atoms with Crippen LogP contribution in [0.25, 0.3) is 0 Å². The van der Waals surface area contributed by atoms with E-state index in [4.69, 9.17) is 16.3 Å². The third-order valence-electron chi connectivity index (χ3n) is 2.62. The molecule has 0 bridgehead atoms. The first-order chi connectivity index (χ1) is 7.18. The van der Waals surface area contributed by atoms with Gasteiger partial charge in [-0.3, -0.25) is 0 Å². The molecule has 84 valence electrons. The molecule has 1 fully saturated rings. The zero-order valence-corrected chi connectivity index (χ0v) is 12.8. The van der Waals surface area contributed by atoms with Crippen LogP contribution in [0, 0.1) is 5.92 Å². The van der Waals surface area contributed by atoms with Gasteiger partial charge in [0.05, 0.1) is 4.83 Å². The second kappa shape index (κ2) is 5.50. The molecule has 1 aromatic rings. The van der Waals surface area contributed by atoms with Gasteiger partial charge >= 0.3 is 0 Å². The van der Waals surface area contributed by atoms with Crippen molar-refractivity contribution in [1.29, 1.82) is 0 Å². The van der Waals surface area contributed by atoms with E-state index in [1.54, 1.807) is 11.3 Å². The van der Waals surface area contributed by atoms with Crippen LogP contribution in [0.2, 0.25) is 4.34 Å². The summed E-state index contributed by atoms with van der Waals surface area (Å²) in [5.74, 6) is 0.667. The summed E-state index contributed by atoms with van der Waals surface area (Å²) in [6, 6.07) is 2.11. The molecule has 2 heterocycles. The van der Waals surface area contributed by atoms with Crippen molar-refractivity contribution in [2.45, 2.75) is 17.7 Å². The lowest BCUT2D eigenvalue weighted by Gasteiger charge is -2.25. The summed E-state index contributed by atoms with van der Waals surface area (Å²) in [5.41, 5.74) is 0. The van der Waals surface area contributed by atoms with Crippen LogP contribution in [0.5, 0.6) is 0 Å². The molecule has 15 heavy (non-hydrogen) atoms. The number of hydrogen-bond acceptors (Lipinski definition) is 2. The molecule has 1 aromatic heterocycles. The van der Waals surface area contributed by atoms with Crippen molar-refractivity contribution in [3.63, 3.8) is 0 Å². The average Bonchev–Trinajstić information content (AvgIpc) is 2.59. The second-order valence-electron chi connectivity index (χ2n) is 3.62. The number of alkyl halides is 1. The summed E-state index contributed by atoms with van der Waals surface area (Å²) in [4.78, 5) is 1.72. The molecule has 5 heteroatoms. The van der Waals surface area contributed by atoms with Gasteiger partial charge in [0.15, 0.2) is 0 Å². The van der Waals surface area contributed by atoms with E-state index in [0.717, 1.165) is 34.9 Å². The van der Waals surface area contributed by atoms with Gasteiger partial charge in [0.25, 0.3) is 0 Å². The molecule has 0 aromatic carbocycles. The smallest absolute Gasteiger partial charge is 0.107 e. The predicted molar refractivity (Wildman–Crippen MR) is 72.2 cm³/mol. The SMILES string of the molecule is Clc1sc(C(Br)C2CCOCC2)cc1Br. The zero-order valence-electron chi connectivity index (χ0n) is 8.01. The van der Waals surface area contributed by atoms with Gasteiger partial charge in [0, 0.05) is 22.6 Å². The first-order valence-corrected chi connectivity index (χ1v) is 7.75. The standard InChI is InChI=1S/C10H11Br2ClOS/c11-7-5-8(15-10(7)13)9(12)6-1-3-14-4-2-6/h5-6,9H,1-4H2. The van der Waals surface area contributed by atoms with E-state index < -0.39 is 0 Å². The van der Waals surface area contributed by atoms with Gasteiger partial charge in [-0.25, -0.2) is 0 Å². The Hall–Kier alpha value is 0.910. The van der Waals surface area contributed by atoms with Crippen molar-refractivity contribution < 1.29 is 4.74 Å². The highest BCUT2D eigenvalue weighted by Crippen LogP contribution is 2.43. The van der Waals surface area contributed by atoms with Gasteiger partial charge in [-0.05, 0) is 40.8 Å². The minimum absolute atomic E-state index is 0.412. The molecular weight excluding hydrogens is 363 g/mol. The first kappa shape index (κ1) is 12.4. The van der Waals surface area contributed by atoms with E-state index in [-0.39, 0.29) is 0 Å². The fourth-order valence-corrected chi connectivity index (χ4v) is 4.49. The molecule has 1 nitrogen and oxygen atoms in total. The van der Waals surface area contributed by atoms with Crippen LogP contribution in [0.3, 0.4) is 0 Å². The largest absolute Gasteiger partial charge is 0.381 e. The molecule has 1 saturated heterocycles. The van der Waals surface area contributed by atoms with E-state index >= 15 is 0 Å². The topological polar surface area (TPSA) is 9.23 Å². The Labute approximate surface area is 115 Å². The van der Waals surface area contributed by atoms with Crippen LogP contribution in [-0.4, -0.2) is 13.2 Å². The van der Waals surface area contributed by atoms with Gasteiger partial charge in [0.2, 0.25) is 0 Å². The van der Waals surface area contributed by atoms with E-state index in [1.807, 2.05) is 0 Å². The normalized spacial score (nSPS) is 20.5. The monoisotopic (exact) mass is 372 g/mol. The number of rotatable bonds is 2. The molecule has 1 aliphatic rings. The highest BCUT2D eigenvalue weighted by atomic mass is 79.9. The number of halogens is 3. The van der Waals surface area contributed by atoms with Gasteiger partial charge < -0.3 is 4.74 Å². The summed E-state index contributed by atoms with van der Waals surface area (Å²) in [5, 5.41) is 0. The maximum absolute atomic E-state index is 6.04. The minimum Gasteiger partial charge on any atom is -0.381 e. The van der Waals surface area contributed by atoms with Crippen molar-refractivity contribution in [2.24, 2.45) is 5.92 Å². The minimum atomic E-state index is 0.412. The van der Waals surface area contributed by atoms with Crippen molar-refractivity contribution >= 4 is 54.8 Å². The molecule has 0 spiro atoms. The lowest BCUT2D eigenvalue weighted by Crippen LogP contribution is -2.18. The average molecular weight is 375 g/mol. The molecule has 0 radical (unpaired) electrons. The molecule has 0 saturated carbocycles. The molecule has 1 aliphatic heterocycles. The Morgan fingerprint density at radius 3 is 2.67 bits per heavy atom. The fraction of sp³-hybridized carbons (Fsp3) is 0.600. The molecule has 0 N–H and O–H groups in total. The van der Waals surface area contributed by atoms with Crippen molar-refractivity contribution in [2.75, 3.05) is 13.2 Å². The van der Waals surface area contributed by atoms with Crippen LogP contribution in [0.1, 0.15) is 22.5 Å². The Balaban J connectivity index is 2.08. The maximum atomic E-state index is 6.04.